The van der Waals surface area contributed by atoms with Gasteiger partial charge in [-0.1, -0.05) is 96.8 Å². The molecule has 16 heteroatoms. The molecular weight excluding hydrogens is 620 g/mol. The van der Waals surface area contributed by atoms with Gasteiger partial charge in [0.05, 0.1) is 41.4 Å². The lowest BCUT2D eigenvalue weighted by Crippen LogP contribution is -2.42. The number of hydrogen-bond donors (Lipinski definition) is 0. The molecule has 0 aliphatic carbocycles. The maximum atomic E-state index is 12.0. The molecule has 250 valence electrons. The highest BCUT2D eigenvalue weighted by molar-refractivity contribution is 8.29. The highest BCUT2D eigenvalue weighted by Crippen LogP contribution is 2.43. The van der Waals surface area contributed by atoms with Crippen LogP contribution in [0.2, 0.25) is 0 Å². The largest absolute Gasteiger partial charge is 0.470 e. The predicted octanol–water partition coefficient (Wildman–Crippen LogP) is 7.30. The van der Waals surface area contributed by atoms with Gasteiger partial charge in [-0.25, -0.2) is 0 Å². The summed E-state index contributed by atoms with van der Waals surface area (Å²) in [6.45, 7) is 3.63. The quantitative estimate of drug-likeness (QED) is 0.0584. The van der Waals surface area contributed by atoms with E-state index in [1.54, 1.807) is 0 Å². The van der Waals surface area contributed by atoms with E-state index in [4.69, 9.17) is 0 Å². The summed E-state index contributed by atoms with van der Waals surface area (Å²) in [7, 11) is -13.4. The number of unbranched alkanes of at least 4 members (excludes halogenated alkanes) is 15. The molecule has 41 heavy (non-hydrogen) atoms. The first kappa shape index (κ1) is 42.5. The second-order valence-corrected chi connectivity index (χ2v) is 17.7. The van der Waals surface area contributed by atoms with E-state index in [0.29, 0.717) is 0 Å². The molecule has 0 radical (unpaired) electrons. The fourth-order valence-electron chi connectivity index (χ4n) is 3.87. The molecule has 0 aliphatic rings. The summed E-state index contributed by atoms with van der Waals surface area (Å²) in [5.74, 6) is 0. The minimum absolute atomic E-state index is 0.408. The zero-order valence-electron chi connectivity index (χ0n) is 24.9. The standard InChI is InChI=1S/C21H46N.C4H3F6O6S3/c1-5-6-7-8-9-10-11-12-13-14-15-16-17-18-19-20-21-22(2,3)4;1-17(11,12)2(18(13,14)3(5,6)7)19(15,16)4(8,9)10/h5-21H2,1-4H3;1H3/q+1;-1. The van der Waals surface area contributed by atoms with E-state index in [-0.39, 0.29) is 0 Å². The predicted molar refractivity (Wildman–Crippen MR) is 150 cm³/mol. The Bertz CT molecular complexity index is 976. The van der Waals surface area contributed by atoms with Gasteiger partial charge in [0.1, 0.15) is 0 Å². The van der Waals surface area contributed by atoms with E-state index < -0.39 is 50.7 Å². The van der Waals surface area contributed by atoms with Gasteiger partial charge in [-0.3, -0.25) is 25.3 Å². The minimum atomic E-state index is -7.22. The van der Waals surface area contributed by atoms with E-state index in [0.717, 1.165) is 4.48 Å². The van der Waals surface area contributed by atoms with Crippen molar-refractivity contribution < 1.29 is 56.1 Å². The van der Waals surface area contributed by atoms with Crippen LogP contribution in [0.25, 0.3) is 0 Å². The van der Waals surface area contributed by atoms with Gasteiger partial charge in [0, 0.05) is 6.26 Å². The van der Waals surface area contributed by atoms with Crippen LogP contribution in [0, 0.1) is 3.91 Å². The SMILES string of the molecule is CCCCCCCCCCCCCCCCCC[N+](C)(C)C.CS(=O)(=O)[C-](S(=O)(=O)C(F)(F)F)S(=O)(=O)C(F)(F)F. The Hall–Kier alpha value is -0.610. The summed E-state index contributed by atoms with van der Waals surface area (Å²) >= 11 is 0. The van der Waals surface area contributed by atoms with Crippen LogP contribution in [0.4, 0.5) is 26.3 Å². The molecule has 0 aromatic carbocycles. The van der Waals surface area contributed by atoms with Crippen molar-refractivity contribution in [3.63, 3.8) is 0 Å². The molecule has 0 saturated carbocycles. The third-order valence-corrected chi connectivity index (χ3v) is 13.2. The number of sulfone groups is 3. The first-order chi connectivity index (χ1) is 18.4. The summed E-state index contributed by atoms with van der Waals surface area (Å²) in [5, 5.41) is 0. The number of rotatable bonds is 20. The molecule has 0 spiro atoms. The van der Waals surface area contributed by atoms with Crippen molar-refractivity contribution in [1.29, 1.82) is 0 Å². The molecule has 0 atom stereocenters. The van der Waals surface area contributed by atoms with Gasteiger partial charge in [0.2, 0.25) is 0 Å². The Morgan fingerprint density at radius 3 is 0.951 bits per heavy atom. The Kier molecular flexibility index (Phi) is 19.6. The summed E-state index contributed by atoms with van der Waals surface area (Å²) in [6.07, 6.45) is 22.9. The smallest absolute Gasteiger partial charge is 0.331 e. The van der Waals surface area contributed by atoms with Crippen molar-refractivity contribution in [3.8, 4) is 0 Å². The topological polar surface area (TPSA) is 102 Å². The van der Waals surface area contributed by atoms with Crippen LogP contribution in [0.3, 0.4) is 0 Å². The molecule has 0 aliphatic heterocycles. The molecule has 7 nitrogen and oxygen atoms in total. The van der Waals surface area contributed by atoms with Crippen molar-refractivity contribution in [2.75, 3.05) is 33.9 Å². The van der Waals surface area contributed by atoms with Crippen LogP contribution in [0.1, 0.15) is 110 Å². The summed E-state index contributed by atoms with van der Waals surface area (Å²) in [4.78, 5) is 0. The van der Waals surface area contributed by atoms with Crippen LogP contribution in [0.5, 0.6) is 0 Å². The van der Waals surface area contributed by atoms with Gasteiger partial charge < -0.3 is 4.48 Å². The van der Waals surface area contributed by atoms with E-state index in [2.05, 4.69) is 28.1 Å². The third-order valence-electron chi connectivity index (χ3n) is 6.03. The van der Waals surface area contributed by atoms with Crippen molar-refractivity contribution in [1.82, 2.24) is 0 Å². The lowest BCUT2D eigenvalue weighted by Gasteiger charge is -2.29. The molecule has 0 N–H and O–H groups in total. The zero-order chi connectivity index (χ0) is 32.6. The van der Waals surface area contributed by atoms with Crippen LogP contribution in [-0.4, -0.2) is 74.7 Å². The van der Waals surface area contributed by atoms with Gasteiger partial charge in [-0.2, -0.15) is 26.3 Å². The number of halogens is 6. The van der Waals surface area contributed by atoms with Crippen LogP contribution in [0.15, 0.2) is 0 Å². The van der Waals surface area contributed by atoms with Crippen molar-refractivity contribution in [2.45, 2.75) is 121 Å². The molecule has 0 unspecified atom stereocenters. The number of hydrogen-bond acceptors (Lipinski definition) is 6. The van der Waals surface area contributed by atoms with Gasteiger partial charge in [-0.15, -0.1) is 0 Å². The molecule has 0 fully saturated rings. The zero-order valence-corrected chi connectivity index (χ0v) is 27.4. The molecule has 0 heterocycles. The second kappa shape index (κ2) is 18.9. The lowest BCUT2D eigenvalue weighted by molar-refractivity contribution is -0.870. The highest BCUT2D eigenvalue weighted by atomic mass is 32.3. The van der Waals surface area contributed by atoms with Gasteiger partial charge in [0.15, 0.2) is 19.7 Å². The van der Waals surface area contributed by atoms with Gasteiger partial charge in [0.25, 0.3) is 0 Å². The van der Waals surface area contributed by atoms with E-state index in [9.17, 15) is 51.6 Å². The summed E-state index contributed by atoms with van der Waals surface area (Å²) in [6, 6.07) is 0. The first-order valence-corrected chi connectivity index (χ1v) is 18.8. The normalized spacial score (nSPS) is 13.8. The van der Waals surface area contributed by atoms with Crippen molar-refractivity contribution >= 4 is 29.5 Å². The van der Waals surface area contributed by atoms with Gasteiger partial charge >= 0.3 is 11.0 Å². The summed E-state index contributed by atoms with van der Waals surface area (Å²) < 4.78 is 134. The minimum Gasteiger partial charge on any atom is -0.331 e. The molecule has 0 aromatic heterocycles. The van der Waals surface area contributed by atoms with Crippen LogP contribution in [-0.2, 0) is 29.5 Å². The molecule has 0 rings (SSSR count). The molecule has 0 aromatic rings. The molecule has 0 amide bonds. The Balaban J connectivity index is 0. The number of alkyl halides is 6. The third kappa shape index (κ3) is 18.6. The van der Waals surface area contributed by atoms with E-state index in [1.807, 2.05) is 0 Å². The average molecular weight is 670 g/mol. The number of nitrogens with zero attached hydrogens (tertiary/aromatic N) is 1. The highest BCUT2D eigenvalue weighted by Gasteiger charge is 2.57. The molecule has 0 saturated heterocycles. The maximum absolute atomic E-state index is 12.0. The van der Waals surface area contributed by atoms with Gasteiger partial charge in [-0.05, 0) is 12.8 Å². The average Bonchev–Trinajstić information content (AvgIpc) is 2.75. The fourth-order valence-corrected chi connectivity index (χ4v) is 9.72. The molecular formula is C25H49F6NO6S3. The van der Waals surface area contributed by atoms with Crippen LogP contribution < -0.4 is 0 Å². The van der Waals surface area contributed by atoms with E-state index in [1.165, 1.54) is 109 Å². The number of quaternary nitrogens is 1. The molecule has 0 bridgehead atoms. The Morgan fingerprint density at radius 1 is 0.512 bits per heavy atom. The van der Waals surface area contributed by atoms with E-state index >= 15 is 0 Å². The fraction of sp³-hybridized carbons (Fsp3) is 0.960. The Labute approximate surface area is 243 Å². The second-order valence-electron chi connectivity index (χ2n) is 11.2. The van der Waals surface area contributed by atoms with Crippen molar-refractivity contribution in [2.24, 2.45) is 0 Å². The lowest BCUT2D eigenvalue weighted by atomic mass is 10.0. The first-order valence-electron chi connectivity index (χ1n) is 13.9. The van der Waals surface area contributed by atoms with Crippen molar-refractivity contribution in [3.05, 3.63) is 3.91 Å². The Morgan fingerprint density at radius 2 is 0.756 bits per heavy atom. The monoisotopic (exact) mass is 669 g/mol. The van der Waals surface area contributed by atoms with Crippen LogP contribution >= 0.6 is 0 Å². The maximum Gasteiger partial charge on any atom is 0.470 e. The summed E-state index contributed by atoms with van der Waals surface area (Å²) in [5.41, 5.74) is -13.0.